The van der Waals surface area contributed by atoms with E-state index in [1.807, 2.05) is 40.0 Å². The molecule has 0 heterocycles. The summed E-state index contributed by atoms with van der Waals surface area (Å²) in [5.74, 6) is 0. The summed E-state index contributed by atoms with van der Waals surface area (Å²) in [6.45, 7) is 16.4. The first kappa shape index (κ1) is 16.6. The summed E-state index contributed by atoms with van der Waals surface area (Å²) in [5.41, 5.74) is 2.40. The second-order valence-electron chi connectivity index (χ2n) is 2.90. The third-order valence-corrected chi connectivity index (χ3v) is 1.93. The van der Waals surface area contributed by atoms with E-state index in [1.54, 1.807) is 0 Å². The molecule has 0 atom stereocenters. The lowest BCUT2D eigenvalue weighted by Crippen LogP contribution is -2.26. The highest BCUT2D eigenvalue weighted by molar-refractivity contribution is 5.30. The Balaban J connectivity index is 0. The van der Waals surface area contributed by atoms with Crippen LogP contribution in [-0.2, 0) is 0 Å². The monoisotopic (exact) mass is 210 g/mol. The molecule has 0 amide bonds. The molecular formula is C13H26N2. The molecule has 0 fully saturated rings. The van der Waals surface area contributed by atoms with Gasteiger partial charge in [0.15, 0.2) is 0 Å². The molecule has 2 nitrogen and oxygen atoms in total. The predicted molar refractivity (Wildman–Crippen MR) is 71.2 cm³/mol. The fourth-order valence-corrected chi connectivity index (χ4v) is 0.940. The molecule has 0 aliphatic heterocycles. The van der Waals surface area contributed by atoms with Gasteiger partial charge >= 0.3 is 0 Å². The maximum atomic E-state index is 3.77. The third-order valence-electron chi connectivity index (χ3n) is 1.93. The molecule has 0 rings (SSSR count). The average molecular weight is 210 g/mol. The summed E-state index contributed by atoms with van der Waals surface area (Å²) in [4.78, 5) is 0. The van der Waals surface area contributed by atoms with Crippen LogP contribution in [0, 0.1) is 0 Å². The molecule has 88 valence electrons. The van der Waals surface area contributed by atoms with Crippen molar-refractivity contribution in [2.75, 3.05) is 26.7 Å². The molecule has 0 unspecified atom stereocenters. The second-order valence-corrected chi connectivity index (χ2v) is 2.90. The van der Waals surface area contributed by atoms with Crippen molar-refractivity contribution >= 4 is 0 Å². The van der Waals surface area contributed by atoms with Crippen molar-refractivity contribution < 1.29 is 0 Å². The Morgan fingerprint density at radius 1 is 1.13 bits per heavy atom. The van der Waals surface area contributed by atoms with Crippen LogP contribution in [0.15, 0.2) is 36.5 Å². The van der Waals surface area contributed by atoms with Crippen LogP contribution >= 0.6 is 0 Å². The zero-order valence-electron chi connectivity index (χ0n) is 10.7. The van der Waals surface area contributed by atoms with Crippen LogP contribution in [0.4, 0.5) is 0 Å². The molecule has 0 aromatic rings. The van der Waals surface area contributed by atoms with Crippen LogP contribution in [0.25, 0.3) is 0 Å². The summed E-state index contributed by atoms with van der Waals surface area (Å²) < 4.78 is 0. The second kappa shape index (κ2) is 13.1. The van der Waals surface area contributed by atoms with Gasteiger partial charge in [-0.05, 0) is 25.1 Å². The molecule has 0 saturated heterocycles. The fourth-order valence-electron chi connectivity index (χ4n) is 0.940. The molecule has 0 aliphatic carbocycles. The van der Waals surface area contributed by atoms with E-state index in [0.717, 1.165) is 19.6 Å². The largest absolute Gasteiger partial charge is 0.318 e. The van der Waals surface area contributed by atoms with Crippen molar-refractivity contribution in [2.45, 2.75) is 20.8 Å². The van der Waals surface area contributed by atoms with Crippen LogP contribution in [0.1, 0.15) is 20.8 Å². The predicted octanol–water partition coefficient (Wildman–Crippen LogP) is 2.51. The SMILES string of the molecule is C=C/C(C)=C(\C=C)CNCCNC.CC. The zero-order chi connectivity index (χ0) is 12.1. The van der Waals surface area contributed by atoms with Gasteiger partial charge in [0.05, 0.1) is 0 Å². The van der Waals surface area contributed by atoms with Crippen molar-refractivity contribution in [3.8, 4) is 0 Å². The van der Waals surface area contributed by atoms with Gasteiger partial charge < -0.3 is 10.6 Å². The smallest absolute Gasteiger partial charge is 0.0208 e. The molecule has 15 heavy (non-hydrogen) atoms. The van der Waals surface area contributed by atoms with Crippen molar-refractivity contribution in [1.29, 1.82) is 0 Å². The van der Waals surface area contributed by atoms with Gasteiger partial charge in [-0.25, -0.2) is 0 Å². The molecule has 0 spiro atoms. The molecule has 2 N–H and O–H groups in total. The van der Waals surface area contributed by atoms with E-state index in [9.17, 15) is 0 Å². The van der Waals surface area contributed by atoms with E-state index in [4.69, 9.17) is 0 Å². The molecule has 0 saturated carbocycles. The standard InChI is InChI=1S/C11H20N2.C2H6/c1-5-10(3)11(6-2)9-13-8-7-12-4;1-2/h5-6,12-13H,1-2,7-9H2,3-4H3;1-2H3/b11-10+;. The van der Waals surface area contributed by atoms with E-state index in [-0.39, 0.29) is 0 Å². The number of hydrogen-bond acceptors (Lipinski definition) is 2. The molecule has 0 aromatic heterocycles. The van der Waals surface area contributed by atoms with Crippen molar-refractivity contribution in [3.63, 3.8) is 0 Å². The van der Waals surface area contributed by atoms with E-state index in [1.165, 1.54) is 11.1 Å². The van der Waals surface area contributed by atoms with Crippen molar-refractivity contribution in [1.82, 2.24) is 10.6 Å². The maximum absolute atomic E-state index is 3.77. The lowest BCUT2D eigenvalue weighted by molar-refractivity contribution is 0.682. The molecule has 0 aromatic carbocycles. The Kier molecular flexibility index (Phi) is 14.5. The Morgan fingerprint density at radius 2 is 1.73 bits per heavy atom. The topological polar surface area (TPSA) is 24.1 Å². The highest BCUT2D eigenvalue weighted by atomic mass is 14.9. The molecular weight excluding hydrogens is 184 g/mol. The summed E-state index contributed by atoms with van der Waals surface area (Å²) in [6.07, 6.45) is 3.74. The Morgan fingerprint density at radius 3 is 2.13 bits per heavy atom. The highest BCUT2D eigenvalue weighted by Crippen LogP contribution is 2.04. The fraction of sp³-hybridized carbons (Fsp3) is 0.538. The van der Waals surface area contributed by atoms with E-state index >= 15 is 0 Å². The normalized spacial score (nSPS) is 10.9. The Labute approximate surface area is 95.2 Å². The van der Waals surface area contributed by atoms with Gasteiger partial charge in [0.1, 0.15) is 0 Å². The van der Waals surface area contributed by atoms with Gasteiger partial charge in [0.2, 0.25) is 0 Å². The van der Waals surface area contributed by atoms with Gasteiger partial charge in [0, 0.05) is 19.6 Å². The quantitative estimate of drug-likeness (QED) is 0.498. The van der Waals surface area contributed by atoms with E-state index in [2.05, 4.69) is 23.8 Å². The third kappa shape index (κ3) is 9.44. The molecule has 0 bridgehead atoms. The minimum atomic E-state index is 0.864. The number of allylic oxidation sites excluding steroid dienone is 2. The summed E-state index contributed by atoms with van der Waals surface area (Å²) >= 11 is 0. The average Bonchev–Trinajstić information content (AvgIpc) is 2.31. The lowest BCUT2D eigenvalue weighted by atomic mass is 10.1. The number of rotatable bonds is 7. The Bertz CT molecular complexity index is 193. The van der Waals surface area contributed by atoms with Gasteiger partial charge in [-0.2, -0.15) is 0 Å². The van der Waals surface area contributed by atoms with Gasteiger partial charge in [-0.3, -0.25) is 0 Å². The first-order chi connectivity index (χ1) is 7.26. The Hall–Kier alpha value is -0.860. The van der Waals surface area contributed by atoms with Crippen LogP contribution in [0.3, 0.4) is 0 Å². The first-order valence-electron chi connectivity index (χ1n) is 5.56. The minimum Gasteiger partial charge on any atom is -0.318 e. The summed E-state index contributed by atoms with van der Waals surface area (Å²) in [7, 11) is 1.95. The van der Waals surface area contributed by atoms with E-state index in [0.29, 0.717) is 0 Å². The van der Waals surface area contributed by atoms with Gasteiger partial charge in [-0.1, -0.05) is 39.2 Å². The molecule has 0 aliphatic rings. The zero-order valence-corrected chi connectivity index (χ0v) is 10.7. The number of hydrogen-bond donors (Lipinski definition) is 2. The molecule has 0 radical (unpaired) electrons. The van der Waals surface area contributed by atoms with Crippen molar-refractivity contribution in [3.05, 3.63) is 36.5 Å². The number of likely N-dealkylation sites (N-methyl/N-ethyl adjacent to an activating group) is 1. The molecule has 2 heteroatoms. The van der Waals surface area contributed by atoms with Crippen LogP contribution < -0.4 is 10.6 Å². The van der Waals surface area contributed by atoms with Gasteiger partial charge in [-0.15, -0.1) is 0 Å². The van der Waals surface area contributed by atoms with E-state index < -0.39 is 0 Å². The first-order valence-corrected chi connectivity index (χ1v) is 5.56. The number of nitrogens with one attached hydrogen (secondary N) is 2. The van der Waals surface area contributed by atoms with Crippen LogP contribution in [0.5, 0.6) is 0 Å². The van der Waals surface area contributed by atoms with Crippen LogP contribution in [-0.4, -0.2) is 26.7 Å². The van der Waals surface area contributed by atoms with Crippen molar-refractivity contribution in [2.24, 2.45) is 0 Å². The highest BCUT2D eigenvalue weighted by Gasteiger charge is 1.94. The summed E-state index contributed by atoms with van der Waals surface area (Å²) in [6, 6.07) is 0. The minimum absolute atomic E-state index is 0.864. The maximum Gasteiger partial charge on any atom is 0.0208 e. The lowest BCUT2D eigenvalue weighted by Gasteiger charge is -2.06. The van der Waals surface area contributed by atoms with Gasteiger partial charge in [0.25, 0.3) is 0 Å². The summed E-state index contributed by atoms with van der Waals surface area (Å²) in [5, 5.41) is 6.39. The van der Waals surface area contributed by atoms with Crippen LogP contribution in [0.2, 0.25) is 0 Å².